The molecule has 2 unspecified atom stereocenters. The van der Waals surface area contributed by atoms with Gasteiger partial charge in [-0.1, -0.05) is 0 Å². The Hall–Kier alpha value is -0.460. The molecule has 0 aromatic carbocycles. The first-order valence-electron chi connectivity index (χ1n) is 4.41. The summed E-state index contributed by atoms with van der Waals surface area (Å²) in [4.78, 5) is 11.1. The number of hydrogen-bond donors (Lipinski definition) is 0. The maximum absolute atomic E-state index is 11.6. The molecule has 0 bridgehead atoms. The van der Waals surface area contributed by atoms with Crippen molar-refractivity contribution in [2.75, 3.05) is 6.54 Å². The van der Waals surface area contributed by atoms with Gasteiger partial charge in [-0.2, -0.15) is 8.10 Å². The molecule has 0 aromatic heterocycles. The highest BCUT2D eigenvalue weighted by atomic mass is 32.2. The van der Waals surface area contributed by atoms with Crippen LogP contribution in [0.3, 0.4) is 0 Å². The van der Waals surface area contributed by atoms with Gasteiger partial charge in [0.25, 0.3) is 6.09 Å². The van der Waals surface area contributed by atoms with Crippen LogP contribution in [0, 0.1) is 0 Å². The Morgan fingerprint density at radius 1 is 1.57 bits per heavy atom. The third-order valence-corrected chi connectivity index (χ3v) is 4.24. The average Bonchev–Trinajstić information content (AvgIpc) is 2.24. The number of carbonyl (C=O) groups excluding carboxylic acids is 1. The third kappa shape index (κ3) is 1.47. The Balaban J connectivity index is 3.19. The van der Waals surface area contributed by atoms with E-state index in [9.17, 15) is 14.1 Å². The Kier molecular flexibility index (Phi) is 2.73. The fourth-order valence-electron chi connectivity index (χ4n) is 1.57. The molecular weight excluding hydrogens is 206 g/mol. The lowest BCUT2D eigenvalue weighted by Gasteiger charge is -2.39. The van der Waals surface area contributed by atoms with Gasteiger partial charge in [-0.15, -0.1) is 0 Å². The van der Waals surface area contributed by atoms with Crippen molar-refractivity contribution in [1.29, 1.82) is 0 Å². The normalized spacial score (nSPS) is 38.6. The average molecular weight is 221 g/mol. The summed E-state index contributed by atoms with van der Waals surface area (Å²) in [5, 5.41) is 11.1. The van der Waals surface area contributed by atoms with Crippen molar-refractivity contribution in [3.8, 4) is 0 Å². The molecule has 1 saturated heterocycles. The van der Waals surface area contributed by atoms with Crippen LogP contribution < -0.4 is 5.11 Å². The highest BCUT2D eigenvalue weighted by Gasteiger charge is 2.56. The van der Waals surface area contributed by atoms with Gasteiger partial charge >= 0.3 is 11.3 Å². The Morgan fingerprint density at radius 2 is 2.07 bits per heavy atom. The predicted molar refractivity (Wildman–Crippen MR) is 49.0 cm³/mol. The molecule has 0 N–H and O–H groups in total. The fraction of sp³-hybridized carbons (Fsp3) is 0.875. The van der Waals surface area contributed by atoms with Crippen molar-refractivity contribution in [3.05, 3.63) is 0 Å². The van der Waals surface area contributed by atoms with Gasteiger partial charge in [0, 0.05) is 0 Å². The summed E-state index contributed by atoms with van der Waals surface area (Å²) >= 11 is -1.87. The molecule has 6 heteroatoms. The molecule has 1 aliphatic heterocycles. The lowest BCUT2D eigenvalue weighted by atomic mass is 10.1. The van der Waals surface area contributed by atoms with Crippen molar-refractivity contribution < 1.29 is 22.2 Å². The quantitative estimate of drug-likeness (QED) is 0.538. The molecule has 0 radical (unpaired) electrons. The maximum Gasteiger partial charge on any atom is 0.368 e. The van der Waals surface area contributed by atoms with Crippen LogP contribution in [0.15, 0.2) is 0 Å². The summed E-state index contributed by atoms with van der Waals surface area (Å²) in [6.45, 7) is 7.01. The molecule has 5 nitrogen and oxygen atoms in total. The molecule has 1 aliphatic rings. The molecule has 1 heterocycles. The number of carboxylic acid groups (broad SMARTS) is 1. The van der Waals surface area contributed by atoms with Gasteiger partial charge in [0.05, 0.1) is 0 Å². The minimum atomic E-state index is -1.87. The van der Waals surface area contributed by atoms with E-state index in [1.165, 1.54) is 0 Å². The summed E-state index contributed by atoms with van der Waals surface area (Å²) in [6, 6.07) is 0. The second-order valence-corrected chi connectivity index (χ2v) is 5.73. The molecule has 0 spiro atoms. The van der Waals surface area contributed by atoms with Crippen LogP contribution in [-0.2, 0) is 15.4 Å². The molecule has 1 amide bonds. The lowest BCUT2D eigenvalue weighted by molar-refractivity contribution is -0.798. The van der Waals surface area contributed by atoms with Crippen LogP contribution in [0.25, 0.3) is 0 Å². The molecule has 1 fully saturated rings. The van der Waals surface area contributed by atoms with E-state index in [1.54, 1.807) is 27.7 Å². The van der Waals surface area contributed by atoms with Crippen molar-refractivity contribution in [1.82, 2.24) is 0 Å². The van der Waals surface area contributed by atoms with E-state index in [2.05, 4.69) is 0 Å². The standard InChI is InChI=1S/C8H15NO4S/c1-6-5-9(7(10)11,8(2,3)4)14(12)13-6/h6H,5H2,1-4H3/t6-,9?,14?/m0/s1. The van der Waals surface area contributed by atoms with Gasteiger partial charge in [-0.05, 0) is 27.7 Å². The Labute approximate surface area is 86.0 Å². The second-order valence-electron chi connectivity index (χ2n) is 4.48. The summed E-state index contributed by atoms with van der Waals surface area (Å²) in [5.41, 5.74) is -0.700. The predicted octanol–water partition coefficient (Wildman–Crippen LogP) is -0.0576. The summed E-state index contributed by atoms with van der Waals surface area (Å²) in [7, 11) is 0. The highest BCUT2D eigenvalue weighted by molar-refractivity contribution is 7.74. The van der Waals surface area contributed by atoms with E-state index in [0.717, 1.165) is 0 Å². The van der Waals surface area contributed by atoms with Crippen LogP contribution >= 0.6 is 0 Å². The number of hydrogen-bond acceptors (Lipinski definition) is 4. The van der Waals surface area contributed by atoms with Crippen molar-refractivity contribution >= 4 is 17.4 Å². The second kappa shape index (κ2) is 3.29. The third-order valence-electron chi connectivity index (χ3n) is 2.39. The lowest BCUT2D eigenvalue weighted by Crippen LogP contribution is -2.66. The molecule has 0 aliphatic carbocycles. The first-order chi connectivity index (χ1) is 6.22. The number of quaternary nitrogens is 1. The zero-order chi connectivity index (χ0) is 11.1. The van der Waals surface area contributed by atoms with Gasteiger partial charge < -0.3 is 9.90 Å². The van der Waals surface area contributed by atoms with Crippen LogP contribution in [-0.4, -0.2) is 32.4 Å². The monoisotopic (exact) mass is 221 g/mol. The SMILES string of the molecule is C[C@H]1C[N+](C(=O)[O-])(C(C)(C)C)S(=O)O1. The summed E-state index contributed by atoms with van der Waals surface area (Å²) in [6.07, 6.45) is -1.67. The molecular formula is C8H15NO4S. The smallest absolute Gasteiger partial charge is 0.368 e. The highest BCUT2D eigenvalue weighted by Crippen LogP contribution is 2.34. The van der Waals surface area contributed by atoms with Gasteiger partial charge in [-0.3, -0.25) is 0 Å². The van der Waals surface area contributed by atoms with Gasteiger partial charge in [0.1, 0.15) is 18.2 Å². The first-order valence-corrected chi connectivity index (χ1v) is 5.44. The van der Waals surface area contributed by atoms with Crippen LogP contribution in [0.5, 0.6) is 0 Å². The number of amides is 1. The fourth-order valence-corrected chi connectivity index (χ4v) is 2.96. The molecule has 0 aromatic rings. The first kappa shape index (κ1) is 11.6. The van der Waals surface area contributed by atoms with E-state index in [4.69, 9.17) is 4.18 Å². The number of nitrogens with zero attached hydrogens (tertiary/aromatic N) is 1. The zero-order valence-corrected chi connectivity index (χ0v) is 9.59. The molecule has 3 atom stereocenters. The Bertz CT molecular complexity index is 286. The summed E-state index contributed by atoms with van der Waals surface area (Å²) in [5.74, 6) is 0. The van der Waals surface area contributed by atoms with Crippen LogP contribution in [0.1, 0.15) is 27.7 Å². The molecule has 0 saturated carbocycles. The van der Waals surface area contributed by atoms with E-state index in [1.807, 2.05) is 0 Å². The van der Waals surface area contributed by atoms with Gasteiger partial charge in [0.2, 0.25) is 0 Å². The van der Waals surface area contributed by atoms with Crippen molar-refractivity contribution in [2.24, 2.45) is 0 Å². The van der Waals surface area contributed by atoms with Gasteiger partial charge in [0.15, 0.2) is 0 Å². The molecule has 14 heavy (non-hydrogen) atoms. The van der Waals surface area contributed by atoms with E-state index in [-0.39, 0.29) is 12.6 Å². The maximum atomic E-state index is 11.6. The molecule has 1 rings (SSSR count). The van der Waals surface area contributed by atoms with Gasteiger partial charge in [-0.25, -0.2) is 4.18 Å². The minimum Gasteiger partial charge on any atom is -0.497 e. The molecule has 82 valence electrons. The minimum absolute atomic E-state index is 0.179. The van der Waals surface area contributed by atoms with E-state index >= 15 is 0 Å². The largest absolute Gasteiger partial charge is 0.497 e. The summed E-state index contributed by atoms with van der Waals surface area (Å²) < 4.78 is 16.0. The topological polar surface area (TPSA) is 66.4 Å². The van der Waals surface area contributed by atoms with E-state index < -0.39 is 26.8 Å². The Morgan fingerprint density at radius 3 is 2.21 bits per heavy atom. The van der Waals surface area contributed by atoms with Crippen molar-refractivity contribution in [3.63, 3.8) is 0 Å². The van der Waals surface area contributed by atoms with Crippen molar-refractivity contribution in [2.45, 2.75) is 39.3 Å². The number of rotatable bonds is 0. The number of carbonyl (C=O) groups is 1. The van der Waals surface area contributed by atoms with E-state index in [0.29, 0.717) is 0 Å². The van der Waals surface area contributed by atoms with Crippen LogP contribution in [0.2, 0.25) is 0 Å². The zero-order valence-electron chi connectivity index (χ0n) is 8.77. The van der Waals surface area contributed by atoms with Crippen LogP contribution in [0.4, 0.5) is 4.79 Å².